The van der Waals surface area contributed by atoms with Gasteiger partial charge in [0.1, 0.15) is 6.29 Å². The summed E-state index contributed by atoms with van der Waals surface area (Å²) in [4.78, 5) is 10.4. The quantitative estimate of drug-likeness (QED) is 0.406. The Labute approximate surface area is 125 Å². The molecule has 0 N–H and O–H groups in total. The molecule has 3 nitrogen and oxygen atoms in total. The van der Waals surface area contributed by atoms with Gasteiger partial charge in [-0.05, 0) is 39.5 Å². The lowest BCUT2D eigenvalue weighted by Crippen LogP contribution is -2.15. The lowest BCUT2D eigenvalue weighted by Gasteiger charge is -2.23. The van der Waals surface area contributed by atoms with Crippen LogP contribution in [0.4, 0.5) is 0 Å². The Morgan fingerprint density at radius 2 is 1.50 bits per heavy atom. The van der Waals surface area contributed by atoms with E-state index in [1.54, 1.807) is 0 Å². The maximum Gasteiger partial charge on any atom is 0.154 e. The van der Waals surface area contributed by atoms with Gasteiger partial charge in [0.2, 0.25) is 0 Å². The van der Waals surface area contributed by atoms with Gasteiger partial charge in [-0.15, -0.1) is 13.2 Å². The molecule has 0 aromatic heterocycles. The van der Waals surface area contributed by atoms with Gasteiger partial charge in [0.25, 0.3) is 0 Å². The van der Waals surface area contributed by atoms with E-state index in [2.05, 4.69) is 13.2 Å². The van der Waals surface area contributed by atoms with Crippen LogP contribution in [-0.2, 0) is 14.3 Å². The smallest absolute Gasteiger partial charge is 0.154 e. The minimum absolute atomic E-state index is 0.0370. The van der Waals surface area contributed by atoms with Crippen molar-refractivity contribution in [2.24, 2.45) is 11.8 Å². The maximum absolute atomic E-state index is 10.4. The van der Waals surface area contributed by atoms with Crippen LogP contribution in [0, 0.1) is 11.8 Å². The number of carbonyl (C=O) groups is 1. The summed E-state index contributed by atoms with van der Waals surface area (Å²) in [6.07, 6.45) is 7.67. The van der Waals surface area contributed by atoms with Crippen LogP contribution >= 0.6 is 0 Å². The van der Waals surface area contributed by atoms with Crippen LogP contribution in [0.3, 0.4) is 0 Å². The van der Waals surface area contributed by atoms with Crippen LogP contribution in [-0.4, -0.2) is 25.8 Å². The fourth-order valence-electron chi connectivity index (χ4n) is 2.29. The first-order chi connectivity index (χ1) is 9.65. The Hall–Kier alpha value is -0.670. The van der Waals surface area contributed by atoms with E-state index in [4.69, 9.17) is 9.47 Å². The van der Waals surface area contributed by atoms with Crippen LogP contribution < -0.4 is 0 Å². The monoisotopic (exact) mass is 286 g/mol. The minimum Gasteiger partial charge on any atom is -0.353 e. The lowest BCUT2D eigenvalue weighted by atomic mass is 9.82. The van der Waals surface area contributed by atoms with Crippen LogP contribution in [0.15, 0.2) is 13.2 Å². The predicted molar refractivity (Wildman–Crippen MR) is 85.8 cm³/mol. The van der Waals surface area contributed by atoms with Crippen molar-refractivity contribution in [2.75, 3.05) is 13.2 Å². The Balaban J connectivity index is 0. The molecule has 0 radical (unpaired) electrons. The van der Waals surface area contributed by atoms with Crippen molar-refractivity contribution in [1.82, 2.24) is 0 Å². The normalized spacial score (nSPS) is 16.4. The summed E-state index contributed by atoms with van der Waals surface area (Å²) in [5.74, 6) is 1.01. The molecular formula is C17H34O3. The zero-order valence-electron chi connectivity index (χ0n) is 13.9. The third kappa shape index (κ3) is 12.4. The van der Waals surface area contributed by atoms with Gasteiger partial charge < -0.3 is 14.3 Å². The first-order valence-electron chi connectivity index (χ1n) is 7.84. The largest absolute Gasteiger partial charge is 0.353 e. The highest BCUT2D eigenvalue weighted by Crippen LogP contribution is 2.28. The highest BCUT2D eigenvalue weighted by Gasteiger charge is 2.18. The van der Waals surface area contributed by atoms with E-state index in [9.17, 15) is 4.79 Å². The van der Waals surface area contributed by atoms with Crippen LogP contribution in [0.1, 0.15) is 59.8 Å². The van der Waals surface area contributed by atoms with Gasteiger partial charge in [-0.1, -0.05) is 26.2 Å². The fraction of sp³-hybridized carbons (Fsp3) is 0.824. The van der Waals surface area contributed by atoms with Crippen molar-refractivity contribution < 1.29 is 14.3 Å². The molecule has 1 unspecified atom stereocenters. The predicted octanol–water partition coefficient (Wildman–Crippen LogP) is 4.61. The molecule has 0 amide bonds. The summed E-state index contributed by atoms with van der Waals surface area (Å²) in [5, 5.41) is 0. The van der Waals surface area contributed by atoms with Crippen molar-refractivity contribution in [3.05, 3.63) is 13.2 Å². The lowest BCUT2D eigenvalue weighted by molar-refractivity contribution is -0.123. The SMILES string of the molecule is C=C.CC(C=O)C1CCCCC1.CCOC(C)OCC. The second kappa shape index (κ2) is 16.4. The molecule has 0 spiro atoms. The summed E-state index contributed by atoms with van der Waals surface area (Å²) < 4.78 is 10.1. The molecule has 0 aromatic carbocycles. The first-order valence-corrected chi connectivity index (χ1v) is 7.84. The van der Waals surface area contributed by atoms with Crippen molar-refractivity contribution in [2.45, 2.75) is 66.1 Å². The van der Waals surface area contributed by atoms with Gasteiger partial charge in [-0.3, -0.25) is 0 Å². The average molecular weight is 286 g/mol. The van der Waals surface area contributed by atoms with Gasteiger partial charge >= 0.3 is 0 Å². The van der Waals surface area contributed by atoms with E-state index in [1.165, 1.54) is 32.1 Å². The van der Waals surface area contributed by atoms with Gasteiger partial charge in [0.15, 0.2) is 6.29 Å². The fourth-order valence-corrected chi connectivity index (χ4v) is 2.29. The minimum atomic E-state index is -0.0370. The summed E-state index contributed by atoms with van der Waals surface area (Å²) in [5.41, 5.74) is 0. The molecule has 0 heterocycles. The molecule has 3 heteroatoms. The van der Waals surface area contributed by atoms with E-state index in [0.29, 0.717) is 11.8 Å². The molecule has 0 saturated heterocycles. The first kappa shape index (κ1) is 21.6. The Morgan fingerprint density at radius 3 is 1.85 bits per heavy atom. The van der Waals surface area contributed by atoms with E-state index < -0.39 is 0 Å². The van der Waals surface area contributed by atoms with Crippen molar-refractivity contribution in [1.29, 1.82) is 0 Å². The van der Waals surface area contributed by atoms with Crippen LogP contribution in [0.25, 0.3) is 0 Å². The number of aldehydes is 1. The number of ether oxygens (including phenoxy) is 2. The standard InChI is InChI=1S/C9H16O.C6H14O2.C2H4/c1-8(7-10)9-5-3-2-4-6-9;1-4-7-6(3)8-5-2;1-2/h7-9H,2-6H2,1H3;6H,4-5H2,1-3H3;1-2H2. The van der Waals surface area contributed by atoms with Gasteiger partial charge in [-0.25, -0.2) is 0 Å². The second-order valence-electron chi connectivity index (χ2n) is 4.87. The zero-order valence-corrected chi connectivity index (χ0v) is 13.9. The van der Waals surface area contributed by atoms with E-state index in [1.807, 2.05) is 27.7 Å². The summed E-state index contributed by atoms with van der Waals surface area (Å²) >= 11 is 0. The molecule has 0 aromatic rings. The summed E-state index contributed by atoms with van der Waals surface area (Å²) in [6, 6.07) is 0. The molecule has 20 heavy (non-hydrogen) atoms. The summed E-state index contributed by atoms with van der Waals surface area (Å²) in [7, 11) is 0. The third-order valence-electron chi connectivity index (χ3n) is 3.41. The second-order valence-corrected chi connectivity index (χ2v) is 4.87. The van der Waals surface area contributed by atoms with Gasteiger partial charge in [-0.2, -0.15) is 0 Å². The Morgan fingerprint density at radius 1 is 1.05 bits per heavy atom. The number of carbonyl (C=O) groups excluding carboxylic acids is 1. The number of rotatable bonds is 6. The van der Waals surface area contributed by atoms with E-state index >= 15 is 0 Å². The zero-order chi connectivity index (χ0) is 15.8. The molecule has 0 aliphatic heterocycles. The Bertz CT molecular complexity index is 194. The molecule has 1 saturated carbocycles. The van der Waals surface area contributed by atoms with E-state index in [0.717, 1.165) is 19.5 Å². The topological polar surface area (TPSA) is 35.5 Å². The van der Waals surface area contributed by atoms with Gasteiger partial charge in [0.05, 0.1) is 0 Å². The molecular weight excluding hydrogens is 252 g/mol. The van der Waals surface area contributed by atoms with Crippen LogP contribution in [0.2, 0.25) is 0 Å². The molecule has 1 fully saturated rings. The molecule has 1 aliphatic carbocycles. The van der Waals surface area contributed by atoms with Crippen molar-refractivity contribution >= 4 is 6.29 Å². The molecule has 1 aliphatic rings. The third-order valence-corrected chi connectivity index (χ3v) is 3.41. The Kier molecular flexibility index (Phi) is 17.7. The molecule has 120 valence electrons. The molecule has 0 bridgehead atoms. The highest BCUT2D eigenvalue weighted by molar-refractivity contribution is 5.53. The van der Waals surface area contributed by atoms with Gasteiger partial charge in [0, 0.05) is 19.1 Å². The number of hydrogen-bond donors (Lipinski definition) is 0. The van der Waals surface area contributed by atoms with Crippen molar-refractivity contribution in [3.63, 3.8) is 0 Å². The van der Waals surface area contributed by atoms with Crippen LogP contribution in [0.5, 0.6) is 0 Å². The molecule has 1 atom stereocenters. The maximum atomic E-state index is 10.4. The van der Waals surface area contributed by atoms with E-state index in [-0.39, 0.29) is 6.29 Å². The number of hydrogen-bond acceptors (Lipinski definition) is 3. The van der Waals surface area contributed by atoms with Crippen molar-refractivity contribution in [3.8, 4) is 0 Å². The molecule has 1 rings (SSSR count). The summed E-state index contributed by atoms with van der Waals surface area (Å²) in [6.45, 7) is 15.3. The average Bonchev–Trinajstić information content (AvgIpc) is 2.50. The highest BCUT2D eigenvalue weighted by atomic mass is 16.7.